The van der Waals surface area contributed by atoms with E-state index < -0.39 is 0 Å². The SMILES string of the molecule is CC(C)CC1CCCC(N)(c2ccc3c(c2)OCCO3)C1. The Morgan fingerprint density at radius 2 is 2.00 bits per heavy atom. The molecular weight excluding hydrogens is 262 g/mol. The first-order chi connectivity index (χ1) is 10.1. The van der Waals surface area contributed by atoms with E-state index in [0.717, 1.165) is 36.2 Å². The highest BCUT2D eigenvalue weighted by Crippen LogP contribution is 2.43. The molecule has 21 heavy (non-hydrogen) atoms. The maximum Gasteiger partial charge on any atom is 0.161 e. The van der Waals surface area contributed by atoms with Gasteiger partial charge in [0, 0.05) is 5.54 Å². The Morgan fingerprint density at radius 3 is 2.76 bits per heavy atom. The Hall–Kier alpha value is -1.22. The van der Waals surface area contributed by atoms with Gasteiger partial charge in [-0.1, -0.05) is 32.8 Å². The molecule has 3 rings (SSSR count). The van der Waals surface area contributed by atoms with Gasteiger partial charge in [0.15, 0.2) is 11.5 Å². The average molecular weight is 289 g/mol. The van der Waals surface area contributed by atoms with Gasteiger partial charge in [0.2, 0.25) is 0 Å². The van der Waals surface area contributed by atoms with Crippen LogP contribution in [0.1, 0.15) is 51.5 Å². The molecule has 3 nitrogen and oxygen atoms in total. The predicted molar refractivity (Wildman–Crippen MR) is 84.7 cm³/mol. The third-order valence-corrected chi connectivity index (χ3v) is 4.81. The van der Waals surface area contributed by atoms with Crippen molar-refractivity contribution in [3.05, 3.63) is 23.8 Å². The molecule has 1 aliphatic heterocycles. The van der Waals surface area contributed by atoms with Gasteiger partial charge in [-0.05, 0) is 48.8 Å². The van der Waals surface area contributed by atoms with Crippen molar-refractivity contribution in [3.8, 4) is 11.5 Å². The minimum Gasteiger partial charge on any atom is -0.486 e. The van der Waals surface area contributed by atoms with Crippen molar-refractivity contribution in [3.63, 3.8) is 0 Å². The van der Waals surface area contributed by atoms with Gasteiger partial charge >= 0.3 is 0 Å². The predicted octanol–water partition coefficient (Wildman–Crippen LogP) is 3.85. The molecule has 116 valence electrons. The Morgan fingerprint density at radius 1 is 1.24 bits per heavy atom. The minimum absolute atomic E-state index is 0.201. The summed E-state index contributed by atoms with van der Waals surface area (Å²) in [6, 6.07) is 6.25. The van der Waals surface area contributed by atoms with Gasteiger partial charge in [-0.15, -0.1) is 0 Å². The van der Waals surface area contributed by atoms with Crippen LogP contribution in [0.15, 0.2) is 18.2 Å². The first-order valence-electron chi connectivity index (χ1n) is 8.26. The van der Waals surface area contributed by atoms with Crippen LogP contribution in [0.3, 0.4) is 0 Å². The molecule has 1 aliphatic carbocycles. The van der Waals surface area contributed by atoms with E-state index in [9.17, 15) is 0 Å². The van der Waals surface area contributed by atoms with Crippen molar-refractivity contribution in [1.82, 2.24) is 0 Å². The monoisotopic (exact) mass is 289 g/mol. The van der Waals surface area contributed by atoms with E-state index in [1.54, 1.807) is 0 Å². The van der Waals surface area contributed by atoms with E-state index in [-0.39, 0.29) is 5.54 Å². The molecule has 2 aliphatic rings. The summed E-state index contributed by atoms with van der Waals surface area (Å²) in [4.78, 5) is 0. The largest absolute Gasteiger partial charge is 0.486 e. The zero-order valence-electron chi connectivity index (χ0n) is 13.2. The molecular formula is C18H27NO2. The standard InChI is InChI=1S/C18H27NO2/c1-13(2)10-14-4-3-7-18(19,12-14)15-5-6-16-17(11-15)21-9-8-20-16/h5-6,11,13-14H,3-4,7-10,12,19H2,1-2H3. The molecule has 2 N–H and O–H groups in total. The number of ether oxygens (including phenoxy) is 2. The van der Waals surface area contributed by atoms with E-state index in [4.69, 9.17) is 15.2 Å². The summed E-state index contributed by atoms with van der Waals surface area (Å²) in [5, 5.41) is 0. The molecule has 2 atom stereocenters. The molecule has 0 spiro atoms. The molecule has 0 amide bonds. The molecule has 1 fully saturated rings. The van der Waals surface area contributed by atoms with Crippen LogP contribution < -0.4 is 15.2 Å². The highest BCUT2D eigenvalue weighted by atomic mass is 16.6. The molecule has 0 aromatic heterocycles. The van der Waals surface area contributed by atoms with Crippen LogP contribution in [0.4, 0.5) is 0 Å². The van der Waals surface area contributed by atoms with E-state index in [0.29, 0.717) is 13.2 Å². The summed E-state index contributed by atoms with van der Waals surface area (Å²) >= 11 is 0. The van der Waals surface area contributed by atoms with Crippen LogP contribution in [0.5, 0.6) is 11.5 Å². The molecule has 1 aromatic rings. The quantitative estimate of drug-likeness (QED) is 0.919. The van der Waals surface area contributed by atoms with Crippen LogP contribution in [0, 0.1) is 11.8 Å². The van der Waals surface area contributed by atoms with Crippen LogP contribution >= 0.6 is 0 Å². The van der Waals surface area contributed by atoms with E-state index in [1.807, 2.05) is 6.07 Å². The number of hydrogen-bond acceptors (Lipinski definition) is 3. The fourth-order valence-corrected chi connectivity index (χ4v) is 3.91. The third kappa shape index (κ3) is 3.18. The molecule has 0 radical (unpaired) electrons. The summed E-state index contributed by atoms with van der Waals surface area (Å²) in [5.41, 5.74) is 7.79. The lowest BCUT2D eigenvalue weighted by atomic mass is 9.70. The average Bonchev–Trinajstić information content (AvgIpc) is 2.46. The zero-order valence-corrected chi connectivity index (χ0v) is 13.2. The Kier molecular flexibility index (Phi) is 4.12. The van der Waals surface area contributed by atoms with Gasteiger partial charge < -0.3 is 15.2 Å². The van der Waals surface area contributed by atoms with Gasteiger partial charge in [-0.3, -0.25) is 0 Å². The second kappa shape index (κ2) is 5.88. The van der Waals surface area contributed by atoms with Crippen LogP contribution in [-0.2, 0) is 5.54 Å². The van der Waals surface area contributed by atoms with Gasteiger partial charge in [0.1, 0.15) is 13.2 Å². The minimum atomic E-state index is -0.201. The lowest BCUT2D eigenvalue weighted by molar-refractivity contribution is 0.169. The lowest BCUT2D eigenvalue weighted by Crippen LogP contribution is -2.41. The fraction of sp³-hybridized carbons (Fsp3) is 0.667. The molecule has 1 saturated carbocycles. The molecule has 3 heteroatoms. The Labute approximate surface area is 127 Å². The van der Waals surface area contributed by atoms with Crippen molar-refractivity contribution in [2.45, 2.75) is 51.5 Å². The molecule has 2 unspecified atom stereocenters. The summed E-state index contributed by atoms with van der Waals surface area (Å²) < 4.78 is 11.3. The molecule has 1 heterocycles. The Bertz CT molecular complexity index is 500. The summed E-state index contributed by atoms with van der Waals surface area (Å²) in [6.07, 6.45) is 5.99. The van der Waals surface area contributed by atoms with Crippen LogP contribution in [0.2, 0.25) is 0 Å². The second-order valence-corrected chi connectivity index (χ2v) is 7.11. The highest BCUT2D eigenvalue weighted by molar-refractivity contribution is 5.45. The van der Waals surface area contributed by atoms with E-state index >= 15 is 0 Å². The maximum atomic E-state index is 6.78. The normalized spacial score (nSPS) is 28.7. The number of hydrogen-bond donors (Lipinski definition) is 1. The first-order valence-corrected chi connectivity index (χ1v) is 8.26. The Balaban J connectivity index is 1.80. The maximum absolute atomic E-state index is 6.78. The van der Waals surface area contributed by atoms with Gasteiger partial charge in [-0.25, -0.2) is 0 Å². The molecule has 0 saturated heterocycles. The fourth-order valence-electron chi connectivity index (χ4n) is 3.91. The number of rotatable bonds is 3. The second-order valence-electron chi connectivity index (χ2n) is 7.11. The van der Waals surface area contributed by atoms with E-state index in [2.05, 4.69) is 26.0 Å². The lowest BCUT2D eigenvalue weighted by Gasteiger charge is -2.39. The smallest absolute Gasteiger partial charge is 0.161 e. The summed E-state index contributed by atoms with van der Waals surface area (Å²) in [7, 11) is 0. The van der Waals surface area contributed by atoms with Gasteiger partial charge in [0.25, 0.3) is 0 Å². The van der Waals surface area contributed by atoms with Crippen LogP contribution in [-0.4, -0.2) is 13.2 Å². The summed E-state index contributed by atoms with van der Waals surface area (Å²) in [5.74, 6) is 3.20. The topological polar surface area (TPSA) is 44.5 Å². The van der Waals surface area contributed by atoms with Crippen molar-refractivity contribution in [2.24, 2.45) is 17.6 Å². The van der Waals surface area contributed by atoms with Crippen molar-refractivity contribution in [2.75, 3.05) is 13.2 Å². The van der Waals surface area contributed by atoms with Crippen LogP contribution in [0.25, 0.3) is 0 Å². The zero-order chi connectivity index (χ0) is 14.9. The van der Waals surface area contributed by atoms with Crippen molar-refractivity contribution < 1.29 is 9.47 Å². The number of nitrogens with two attached hydrogens (primary N) is 1. The summed E-state index contributed by atoms with van der Waals surface area (Å²) in [6.45, 7) is 5.87. The molecule has 1 aromatic carbocycles. The molecule has 0 bridgehead atoms. The van der Waals surface area contributed by atoms with Gasteiger partial charge in [0.05, 0.1) is 0 Å². The highest BCUT2D eigenvalue weighted by Gasteiger charge is 2.35. The third-order valence-electron chi connectivity index (χ3n) is 4.81. The van der Waals surface area contributed by atoms with Crippen molar-refractivity contribution in [1.29, 1.82) is 0 Å². The van der Waals surface area contributed by atoms with E-state index in [1.165, 1.54) is 24.8 Å². The first kappa shape index (κ1) is 14.7. The number of fused-ring (bicyclic) bond motifs is 1. The van der Waals surface area contributed by atoms with Gasteiger partial charge in [-0.2, -0.15) is 0 Å². The van der Waals surface area contributed by atoms with Crippen molar-refractivity contribution >= 4 is 0 Å². The number of benzene rings is 1.